The topological polar surface area (TPSA) is 69.4 Å². The molecule has 2 aromatic rings. The van der Waals surface area contributed by atoms with Crippen LogP contribution in [0.4, 0.5) is 5.69 Å². The summed E-state index contributed by atoms with van der Waals surface area (Å²) in [5, 5.41) is 10.8. The summed E-state index contributed by atoms with van der Waals surface area (Å²) >= 11 is -2.24. The first-order valence-corrected chi connectivity index (χ1v) is 8.88. The number of carbonyl (C=O) groups is 1. The third-order valence-electron chi connectivity index (χ3n) is 2.92. The number of nitro benzene ring substituents is 1. The molecule has 0 aromatic heterocycles. The van der Waals surface area contributed by atoms with Crippen LogP contribution in [0.25, 0.3) is 0 Å². The van der Waals surface area contributed by atoms with Crippen LogP contribution in [0.1, 0.15) is 15.9 Å². The minimum atomic E-state index is -2.24. The van der Waals surface area contributed by atoms with Gasteiger partial charge >= 0.3 is 122 Å². The second-order valence-electron chi connectivity index (χ2n) is 4.33. The third-order valence-corrected chi connectivity index (χ3v) is 7.61. The molecule has 5 nitrogen and oxygen atoms in total. The van der Waals surface area contributed by atoms with Crippen molar-refractivity contribution in [2.45, 2.75) is 6.92 Å². The van der Waals surface area contributed by atoms with E-state index in [2.05, 4.69) is 0 Å². The van der Waals surface area contributed by atoms with Crippen molar-refractivity contribution in [3.05, 3.63) is 70.8 Å². The molecule has 0 spiro atoms. The van der Waals surface area contributed by atoms with Gasteiger partial charge in [0.15, 0.2) is 0 Å². The molecule has 0 radical (unpaired) electrons. The molecule has 6 heteroatoms. The van der Waals surface area contributed by atoms with Gasteiger partial charge in [0, 0.05) is 0 Å². The second-order valence-corrected chi connectivity index (χ2v) is 8.60. The first-order valence-electron chi connectivity index (χ1n) is 5.84. The number of hydrogen-bond acceptors (Lipinski definition) is 4. The average Bonchev–Trinajstić information content (AvgIpc) is 2.76. The second kappa shape index (κ2) is 4.86. The van der Waals surface area contributed by atoms with E-state index in [9.17, 15) is 14.9 Å². The fourth-order valence-corrected chi connectivity index (χ4v) is 6.12. The van der Waals surface area contributed by atoms with E-state index in [1.807, 2.05) is 31.2 Å². The van der Waals surface area contributed by atoms with Crippen LogP contribution < -0.4 is 0 Å². The standard InChI is InChI=1S/C14H10INO4/c1-9-2-4-10(5-3-9)15-13-7-6-11(16(18)19)8-12(13)14(17)20-15/h2-8H,1H3. The Bertz CT molecular complexity index is 712. The van der Waals surface area contributed by atoms with Gasteiger partial charge < -0.3 is 0 Å². The Hall–Kier alpha value is -1.96. The van der Waals surface area contributed by atoms with Crippen LogP contribution in [0, 0.1) is 24.2 Å². The van der Waals surface area contributed by atoms with Gasteiger partial charge in [-0.25, -0.2) is 0 Å². The van der Waals surface area contributed by atoms with Gasteiger partial charge in [-0.2, -0.15) is 0 Å². The van der Waals surface area contributed by atoms with Gasteiger partial charge in [0.2, 0.25) is 0 Å². The summed E-state index contributed by atoms with van der Waals surface area (Å²) in [4.78, 5) is 22.1. The molecule has 2 aromatic carbocycles. The Morgan fingerprint density at radius 3 is 2.50 bits per heavy atom. The predicted molar refractivity (Wildman–Crippen MR) is 81.1 cm³/mol. The molecule has 0 unspecified atom stereocenters. The summed E-state index contributed by atoms with van der Waals surface area (Å²) in [6, 6.07) is 12.3. The number of carbonyl (C=O) groups excluding carboxylic acids is 1. The van der Waals surface area contributed by atoms with Crippen LogP contribution in [-0.2, 0) is 3.07 Å². The van der Waals surface area contributed by atoms with Crippen LogP contribution in [0.15, 0.2) is 42.5 Å². The first kappa shape index (κ1) is 13.0. The van der Waals surface area contributed by atoms with Gasteiger partial charge in [-0.15, -0.1) is 0 Å². The molecule has 0 aliphatic carbocycles. The molecule has 0 amide bonds. The summed E-state index contributed by atoms with van der Waals surface area (Å²) < 4.78 is 7.33. The number of fused-ring (bicyclic) bond motifs is 1. The van der Waals surface area contributed by atoms with Crippen molar-refractivity contribution in [2.75, 3.05) is 0 Å². The number of nitrogens with zero attached hydrogens (tertiary/aromatic N) is 1. The van der Waals surface area contributed by atoms with Crippen LogP contribution in [-0.4, -0.2) is 10.9 Å². The van der Waals surface area contributed by atoms with Crippen molar-refractivity contribution < 1.29 is 12.8 Å². The first-order chi connectivity index (χ1) is 9.56. The van der Waals surface area contributed by atoms with Crippen molar-refractivity contribution >= 4 is 31.9 Å². The van der Waals surface area contributed by atoms with E-state index < -0.39 is 31.1 Å². The normalized spacial score (nSPS) is 14.8. The summed E-state index contributed by atoms with van der Waals surface area (Å²) in [7, 11) is 0. The third kappa shape index (κ3) is 2.15. The molecular formula is C14H10INO4. The summed E-state index contributed by atoms with van der Waals surface area (Å²) in [5.41, 5.74) is 1.39. The Kier molecular flexibility index (Phi) is 3.17. The van der Waals surface area contributed by atoms with E-state index in [1.54, 1.807) is 6.07 Å². The van der Waals surface area contributed by atoms with Crippen molar-refractivity contribution in [1.82, 2.24) is 0 Å². The fourth-order valence-electron chi connectivity index (χ4n) is 1.90. The van der Waals surface area contributed by atoms with Crippen LogP contribution >= 0.6 is 20.2 Å². The van der Waals surface area contributed by atoms with Crippen molar-refractivity contribution in [3.8, 4) is 0 Å². The predicted octanol–water partition coefficient (Wildman–Crippen LogP) is 3.53. The van der Waals surface area contributed by atoms with E-state index in [0.29, 0.717) is 5.56 Å². The van der Waals surface area contributed by atoms with Crippen LogP contribution in [0.5, 0.6) is 0 Å². The average molecular weight is 383 g/mol. The number of halogens is 1. The summed E-state index contributed by atoms with van der Waals surface area (Å²) in [5.74, 6) is -0.450. The molecule has 0 bridgehead atoms. The SMILES string of the molecule is Cc1ccc(I2OC(=O)c3cc([N+](=O)[O-])ccc32)cc1. The monoisotopic (exact) mass is 383 g/mol. The number of nitro groups is 1. The quantitative estimate of drug-likeness (QED) is 0.452. The molecule has 3 rings (SSSR count). The Morgan fingerprint density at radius 2 is 1.85 bits per heavy atom. The van der Waals surface area contributed by atoms with Gasteiger partial charge in [0.05, 0.1) is 0 Å². The molecule has 0 saturated heterocycles. The molecular weight excluding hydrogens is 373 g/mol. The fraction of sp³-hybridized carbons (Fsp3) is 0.0714. The van der Waals surface area contributed by atoms with Gasteiger partial charge in [-0.3, -0.25) is 0 Å². The number of hydrogen-bond donors (Lipinski definition) is 0. The van der Waals surface area contributed by atoms with Crippen molar-refractivity contribution in [2.24, 2.45) is 0 Å². The van der Waals surface area contributed by atoms with Gasteiger partial charge in [0.1, 0.15) is 0 Å². The number of aryl methyl sites for hydroxylation is 1. The number of non-ortho nitro benzene ring substituents is 1. The molecule has 1 aliphatic heterocycles. The molecule has 102 valence electrons. The van der Waals surface area contributed by atoms with Crippen LogP contribution in [0.2, 0.25) is 0 Å². The molecule has 20 heavy (non-hydrogen) atoms. The van der Waals surface area contributed by atoms with E-state index in [0.717, 1.165) is 12.7 Å². The number of benzene rings is 2. The van der Waals surface area contributed by atoms with E-state index in [-0.39, 0.29) is 5.69 Å². The minimum absolute atomic E-state index is 0.0812. The zero-order valence-corrected chi connectivity index (χ0v) is 12.7. The van der Waals surface area contributed by atoms with E-state index in [4.69, 9.17) is 3.07 Å². The maximum absolute atomic E-state index is 11.9. The molecule has 0 atom stereocenters. The molecule has 1 heterocycles. The summed E-state index contributed by atoms with van der Waals surface area (Å²) in [6.07, 6.45) is 0. The Balaban J connectivity index is 2.06. The maximum atomic E-state index is 11.9. The Labute approximate surface area is 122 Å². The zero-order valence-electron chi connectivity index (χ0n) is 10.5. The molecule has 0 saturated carbocycles. The van der Waals surface area contributed by atoms with Gasteiger partial charge in [-0.05, 0) is 0 Å². The van der Waals surface area contributed by atoms with Crippen LogP contribution in [0.3, 0.4) is 0 Å². The Morgan fingerprint density at radius 1 is 1.15 bits per heavy atom. The molecule has 0 fully saturated rings. The van der Waals surface area contributed by atoms with E-state index >= 15 is 0 Å². The molecule has 0 N–H and O–H groups in total. The summed E-state index contributed by atoms with van der Waals surface area (Å²) in [6.45, 7) is 1.99. The van der Waals surface area contributed by atoms with Gasteiger partial charge in [-0.1, -0.05) is 0 Å². The zero-order chi connectivity index (χ0) is 14.3. The number of rotatable bonds is 2. The van der Waals surface area contributed by atoms with Crippen molar-refractivity contribution in [3.63, 3.8) is 0 Å². The van der Waals surface area contributed by atoms with E-state index in [1.165, 1.54) is 12.1 Å². The molecule has 1 aliphatic rings. The van der Waals surface area contributed by atoms with Gasteiger partial charge in [0.25, 0.3) is 0 Å². The van der Waals surface area contributed by atoms with Crippen molar-refractivity contribution in [1.29, 1.82) is 0 Å².